The second-order valence-electron chi connectivity index (χ2n) is 2.10. The zero-order valence-electron chi connectivity index (χ0n) is 5.57. The van der Waals surface area contributed by atoms with E-state index in [1.54, 1.807) is 13.0 Å². The molecule has 1 rings (SSSR count). The fourth-order valence-electron chi connectivity index (χ4n) is 0.742. The van der Waals surface area contributed by atoms with Crippen molar-refractivity contribution in [1.29, 1.82) is 0 Å². The number of hydrogen-bond donors (Lipinski definition) is 0. The quantitative estimate of drug-likeness (QED) is 0.429. The third-order valence-electron chi connectivity index (χ3n) is 1.21. The van der Waals surface area contributed by atoms with E-state index in [4.69, 9.17) is 0 Å². The zero-order chi connectivity index (χ0) is 7.56. The molecule has 1 aromatic rings. The van der Waals surface area contributed by atoms with Crippen LogP contribution in [0.5, 0.6) is 0 Å². The maximum absolute atomic E-state index is 10.2. The van der Waals surface area contributed by atoms with Gasteiger partial charge in [0.15, 0.2) is 0 Å². The van der Waals surface area contributed by atoms with Crippen molar-refractivity contribution in [1.82, 2.24) is 0 Å². The van der Waals surface area contributed by atoms with Crippen molar-refractivity contribution in [3.63, 3.8) is 0 Å². The maximum atomic E-state index is 10.2. The first kappa shape index (κ1) is 6.93. The summed E-state index contributed by atoms with van der Waals surface area (Å²) < 4.78 is 0. The van der Waals surface area contributed by atoms with E-state index in [-0.39, 0.29) is 5.69 Å². The molecule has 0 unspecified atom stereocenters. The van der Waals surface area contributed by atoms with Crippen LogP contribution in [0.3, 0.4) is 0 Å². The molecule has 0 radical (unpaired) electrons. The van der Waals surface area contributed by atoms with Crippen molar-refractivity contribution in [2.75, 3.05) is 0 Å². The van der Waals surface area contributed by atoms with Crippen LogP contribution in [0.15, 0.2) is 18.0 Å². The van der Waals surface area contributed by atoms with Crippen LogP contribution in [-0.2, 0) is 0 Å². The Balaban J connectivity index is 3.07. The summed E-state index contributed by atoms with van der Waals surface area (Å²) in [5.74, 6) is 3.31. The Bertz CT molecular complexity index is 262. The molecular formula is C6H6BNO2. The SMILES string of the molecule is Cc1cbcc([N+](=O)[O-])c1. The average molecular weight is 135 g/mol. The first-order valence-electron chi connectivity index (χ1n) is 2.91. The molecular weight excluding hydrogens is 129 g/mol. The van der Waals surface area contributed by atoms with Gasteiger partial charge in [0.25, 0.3) is 0 Å². The van der Waals surface area contributed by atoms with Gasteiger partial charge < -0.3 is 0 Å². The summed E-state index contributed by atoms with van der Waals surface area (Å²) in [6.07, 6.45) is 0. The molecule has 0 amide bonds. The van der Waals surface area contributed by atoms with Crippen molar-refractivity contribution in [3.05, 3.63) is 33.7 Å². The molecule has 3 nitrogen and oxygen atoms in total. The van der Waals surface area contributed by atoms with E-state index in [0.29, 0.717) is 0 Å². The van der Waals surface area contributed by atoms with Crippen LogP contribution in [0.1, 0.15) is 5.56 Å². The van der Waals surface area contributed by atoms with Gasteiger partial charge in [-0.15, -0.1) is 0 Å². The number of nitrogens with zero attached hydrogens (tertiary/aromatic N) is 1. The zero-order valence-corrected chi connectivity index (χ0v) is 5.57. The molecule has 1 aromatic heterocycles. The van der Waals surface area contributed by atoms with Crippen molar-refractivity contribution >= 4 is 12.6 Å². The summed E-state index contributed by atoms with van der Waals surface area (Å²) in [5, 5.41) is 10.2. The molecule has 0 atom stereocenters. The second kappa shape index (κ2) is 2.60. The molecule has 1 heterocycles. The van der Waals surface area contributed by atoms with E-state index in [2.05, 4.69) is 0 Å². The van der Waals surface area contributed by atoms with Crippen molar-refractivity contribution in [3.8, 4) is 0 Å². The van der Waals surface area contributed by atoms with E-state index in [1.807, 2.05) is 12.9 Å². The fraction of sp³-hybridized carbons (Fsp3) is 0.167. The summed E-state index contributed by atoms with van der Waals surface area (Å²) in [4.78, 5) is 9.76. The molecule has 0 spiro atoms. The average Bonchev–Trinajstić information content (AvgIpc) is 1.88. The van der Waals surface area contributed by atoms with E-state index in [0.717, 1.165) is 5.56 Å². The van der Waals surface area contributed by atoms with Crippen molar-refractivity contribution in [2.24, 2.45) is 0 Å². The van der Waals surface area contributed by atoms with Crippen LogP contribution in [-0.4, -0.2) is 11.8 Å². The first-order valence-corrected chi connectivity index (χ1v) is 2.91. The van der Waals surface area contributed by atoms with Gasteiger partial charge in [0.05, 0.1) is 0 Å². The van der Waals surface area contributed by atoms with E-state index in [9.17, 15) is 10.1 Å². The van der Waals surface area contributed by atoms with Gasteiger partial charge in [-0.2, -0.15) is 0 Å². The summed E-state index contributed by atoms with van der Waals surface area (Å²) >= 11 is 0. The molecule has 0 aromatic carbocycles. The van der Waals surface area contributed by atoms with Crippen molar-refractivity contribution < 1.29 is 4.92 Å². The Morgan fingerprint density at radius 1 is 1.60 bits per heavy atom. The molecule has 4 heteroatoms. The molecule has 0 saturated heterocycles. The Kier molecular flexibility index (Phi) is 1.80. The normalized spacial score (nSPS) is 8.90. The van der Waals surface area contributed by atoms with Gasteiger partial charge in [-0.25, -0.2) is 0 Å². The van der Waals surface area contributed by atoms with E-state index in [1.165, 1.54) is 5.96 Å². The van der Waals surface area contributed by atoms with Crippen molar-refractivity contribution in [2.45, 2.75) is 6.92 Å². The van der Waals surface area contributed by atoms with E-state index < -0.39 is 4.92 Å². The third-order valence-corrected chi connectivity index (χ3v) is 1.21. The summed E-state index contributed by atoms with van der Waals surface area (Å²) in [7, 11) is 0. The minimum atomic E-state index is -0.396. The number of rotatable bonds is 1. The monoisotopic (exact) mass is 135 g/mol. The standard InChI is InChI=1S/C6H6BNO2/c1-5-2-6(8(9)10)4-7-3-5/h2-4H,1H3. The summed E-state index contributed by atoms with van der Waals surface area (Å²) in [6.45, 7) is 3.50. The van der Waals surface area contributed by atoms with Crippen LogP contribution < -0.4 is 0 Å². The van der Waals surface area contributed by atoms with Gasteiger partial charge in [-0.1, -0.05) is 0 Å². The van der Waals surface area contributed by atoms with Crippen LogP contribution >= 0.6 is 0 Å². The molecule has 50 valence electrons. The molecule has 0 aliphatic rings. The predicted octanol–water partition coefficient (Wildman–Crippen LogP) is 1.24. The summed E-state index contributed by atoms with van der Waals surface area (Å²) in [6, 6.07) is 1.54. The Morgan fingerprint density at radius 3 is 2.70 bits per heavy atom. The Hall–Kier alpha value is -1.19. The summed E-state index contributed by atoms with van der Waals surface area (Å²) in [5.41, 5.74) is 1.06. The molecule has 0 N–H and O–H groups in total. The van der Waals surface area contributed by atoms with Gasteiger partial charge in [-0.3, -0.25) is 0 Å². The fourth-order valence-corrected chi connectivity index (χ4v) is 0.742. The van der Waals surface area contributed by atoms with Gasteiger partial charge in [0, 0.05) is 0 Å². The Labute approximate surface area is 59.0 Å². The topological polar surface area (TPSA) is 43.1 Å². The molecule has 0 aliphatic carbocycles. The third kappa shape index (κ3) is 1.40. The van der Waals surface area contributed by atoms with Gasteiger partial charge in [0.2, 0.25) is 0 Å². The molecule has 10 heavy (non-hydrogen) atoms. The first-order chi connectivity index (χ1) is 4.70. The van der Waals surface area contributed by atoms with Gasteiger partial charge >= 0.3 is 58.1 Å². The Morgan fingerprint density at radius 2 is 2.30 bits per heavy atom. The minimum absolute atomic E-state index is 0.153. The van der Waals surface area contributed by atoms with Crippen LogP contribution in [0.4, 0.5) is 5.69 Å². The van der Waals surface area contributed by atoms with Crippen LogP contribution in [0.2, 0.25) is 0 Å². The number of nitro groups is 1. The predicted molar refractivity (Wildman–Crippen MR) is 39.2 cm³/mol. The molecule has 0 bridgehead atoms. The van der Waals surface area contributed by atoms with Gasteiger partial charge in [0.1, 0.15) is 0 Å². The molecule has 0 fully saturated rings. The van der Waals surface area contributed by atoms with E-state index >= 15 is 0 Å². The number of aryl methyl sites for hydroxylation is 1. The van der Waals surface area contributed by atoms with Crippen LogP contribution in [0.25, 0.3) is 0 Å². The molecule has 0 aliphatic heterocycles. The molecule has 0 saturated carbocycles. The number of hydrogen-bond acceptors (Lipinski definition) is 2. The van der Waals surface area contributed by atoms with Crippen LogP contribution in [0, 0.1) is 17.0 Å². The van der Waals surface area contributed by atoms with Gasteiger partial charge in [-0.05, 0) is 0 Å². The second-order valence-corrected chi connectivity index (χ2v) is 2.10.